The molecule has 19 heavy (non-hydrogen) atoms. The molecule has 0 aromatic carbocycles. The van der Waals surface area contributed by atoms with E-state index in [2.05, 4.69) is 12.2 Å². The number of amides is 2. The van der Waals surface area contributed by atoms with Crippen molar-refractivity contribution in [2.24, 2.45) is 23.7 Å². The lowest BCUT2D eigenvalue weighted by molar-refractivity contribution is -0.191. The van der Waals surface area contributed by atoms with Crippen LogP contribution in [0.25, 0.3) is 0 Å². The third kappa shape index (κ3) is 2.01. The SMILES string of the molecule is CCOCCCON1C(=O)C2C3C=CC(C3)C2C1=O. The number of hydroxylamine groups is 2. The summed E-state index contributed by atoms with van der Waals surface area (Å²) in [7, 11) is 0. The van der Waals surface area contributed by atoms with Gasteiger partial charge in [-0.25, -0.2) is 0 Å². The number of hydrogen-bond acceptors (Lipinski definition) is 4. The van der Waals surface area contributed by atoms with E-state index in [1.807, 2.05) is 6.92 Å². The smallest absolute Gasteiger partial charge is 0.258 e. The first-order chi connectivity index (χ1) is 9.24. The first-order valence-corrected chi connectivity index (χ1v) is 7.01. The number of imide groups is 1. The molecule has 4 unspecified atom stereocenters. The van der Waals surface area contributed by atoms with Crippen molar-refractivity contribution in [3.63, 3.8) is 0 Å². The number of hydrogen-bond donors (Lipinski definition) is 0. The molecule has 0 aromatic rings. The van der Waals surface area contributed by atoms with Crippen LogP contribution in [0.5, 0.6) is 0 Å². The van der Waals surface area contributed by atoms with E-state index in [9.17, 15) is 9.59 Å². The lowest BCUT2D eigenvalue weighted by Crippen LogP contribution is -2.33. The largest absolute Gasteiger partial charge is 0.382 e. The fraction of sp³-hybridized carbons (Fsp3) is 0.714. The Morgan fingerprint density at radius 2 is 1.79 bits per heavy atom. The molecule has 0 aromatic heterocycles. The molecule has 1 heterocycles. The van der Waals surface area contributed by atoms with Crippen LogP contribution in [-0.4, -0.2) is 36.7 Å². The standard InChI is InChI=1S/C14H19NO4/c1-2-18-6-3-7-19-15-13(16)11-9-4-5-10(8-9)12(11)14(15)17/h4-5,9-12H,2-3,6-8H2,1H3. The molecule has 0 radical (unpaired) electrons. The Bertz CT molecular complexity index is 390. The van der Waals surface area contributed by atoms with E-state index in [0.717, 1.165) is 11.5 Å². The Kier molecular flexibility index (Phi) is 3.41. The number of nitrogens with zero attached hydrogens (tertiary/aromatic N) is 1. The Balaban J connectivity index is 1.57. The van der Waals surface area contributed by atoms with Crippen LogP contribution in [0, 0.1) is 23.7 Å². The van der Waals surface area contributed by atoms with Gasteiger partial charge in [-0.15, -0.1) is 0 Å². The normalized spacial score (nSPS) is 35.5. The van der Waals surface area contributed by atoms with Crippen molar-refractivity contribution >= 4 is 11.8 Å². The average Bonchev–Trinajstić information content (AvgIpc) is 3.06. The zero-order chi connectivity index (χ0) is 13.4. The second-order valence-corrected chi connectivity index (χ2v) is 5.35. The molecular formula is C14H19NO4. The molecule has 2 aliphatic carbocycles. The van der Waals surface area contributed by atoms with Gasteiger partial charge in [-0.1, -0.05) is 12.2 Å². The van der Waals surface area contributed by atoms with E-state index in [-0.39, 0.29) is 35.5 Å². The van der Waals surface area contributed by atoms with Crippen molar-refractivity contribution in [2.75, 3.05) is 19.8 Å². The topological polar surface area (TPSA) is 55.8 Å². The van der Waals surface area contributed by atoms with E-state index < -0.39 is 0 Å². The third-order valence-corrected chi connectivity index (χ3v) is 4.29. The predicted molar refractivity (Wildman–Crippen MR) is 66.6 cm³/mol. The molecule has 4 atom stereocenters. The number of carbonyl (C=O) groups excluding carboxylic acids is 2. The van der Waals surface area contributed by atoms with Crippen LogP contribution in [0.3, 0.4) is 0 Å². The maximum absolute atomic E-state index is 12.2. The summed E-state index contributed by atoms with van der Waals surface area (Å²) in [6, 6.07) is 0. The molecule has 2 bridgehead atoms. The van der Waals surface area contributed by atoms with Gasteiger partial charge in [0, 0.05) is 13.2 Å². The number of rotatable bonds is 6. The van der Waals surface area contributed by atoms with Crippen LogP contribution in [0.4, 0.5) is 0 Å². The molecule has 5 heteroatoms. The van der Waals surface area contributed by atoms with Gasteiger partial charge < -0.3 is 4.74 Å². The van der Waals surface area contributed by atoms with Gasteiger partial charge in [-0.05, 0) is 31.6 Å². The van der Waals surface area contributed by atoms with Crippen LogP contribution in [-0.2, 0) is 19.2 Å². The van der Waals surface area contributed by atoms with Gasteiger partial charge in [-0.3, -0.25) is 14.4 Å². The van der Waals surface area contributed by atoms with Gasteiger partial charge in [0.1, 0.15) is 0 Å². The lowest BCUT2D eigenvalue weighted by atomic mass is 9.85. The third-order valence-electron chi connectivity index (χ3n) is 4.29. The van der Waals surface area contributed by atoms with Gasteiger partial charge in [0.15, 0.2) is 0 Å². The van der Waals surface area contributed by atoms with Crippen molar-refractivity contribution < 1.29 is 19.2 Å². The minimum atomic E-state index is -0.172. The number of allylic oxidation sites excluding steroid dienone is 2. The van der Waals surface area contributed by atoms with Gasteiger partial charge in [0.05, 0.1) is 18.4 Å². The van der Waals surface area contributed by atoms with Crippen molar-refractivity contribution in [3.05, 3.63) is 12.2 Å². The van der Waals surface area contributed by atoms with E-state index in [4.69, 9.17) is 9.57 Å². The van der Waals surface area contributed by atoms with E-state index in [1.165, 1.54) is 0 Å². The van der Waals surface area contributed by atoms with E-state index in [0.29, 0.717) is 26.2 Å². The lowest BCUT2D eigenvalue weighted by Gasteiger charge is -2.16. The Morgan fingerprint density at radius 3 is 2.37 bits per heavy atom. The van der Waals surface area contributed by atoms with Crippen molar-refractivity contribution in [2.45, 2.75) is 19.8 Å². The van der Waals surface area contributed by atoms with Gasteiger partial charge in [0.25, 0.3) is 11.8 Å². The van der Waals surface area contributed by atoms with Crippen LogP contribution >= 0.6 is 0 Å². The summed E-state index contributed by atoms with van der Waals surface area (Å²) in [5.41, 5.74) is 0. The highest BCUT2D eigenvalue weighted by molar-refractivity contribution is 6.05. The minimum Gasteiger partial charge on any atom is -0.382 e. The van der Waals surface area contributed by atoms with Crippen LogP contribution in [0.1, 0.15) is 19.8 Å². The highest BCUT2D eigenvalue weighted by atomic mass is 16.7. The molecule has 0 spiro atoms. The molecule has 2 amide bonds. The van der Waals surface area contributed by atoms with Gasteiger partial charge in [0.2, 0.25) is 0 Å². The molecule has 104 valence electrons. The molecule has 0 N–H and O–H groups in total. The molecule has 2 fully saturated rings. The van der Waals surface area contributed by atoms with Crippen molar-refractivity contribution in [3.8, 4) is 0 Å². The Morgan fingerprint density at radius 1 is 1.16 bits per heavy atom. The number of fused-ring (bicyclic) bond motifs is 5. The first-order valence-electron chi connectivity index (χ1n) is 7.01. The first kappa shape index (κ1) is 12.8. The summed E-state index contributed by atoms with van der Waals surface area (Å²) in [4.78, 5) is 29.8. The molecule has 3 aliphatic rings. The summed E-state index contributed by atoms with van der Waals surface area (Å²) < 4.78 is 5.19. The van der Waals surface area contributed by atoms with Crippen LogP contribution in [0.2, 0.25) is 0 Å². The number of carbonyl (C=O) groups is 2. The zero-order valence-electron chi connectivity index (χ0n) is 11.1. The summed E-state index contributed by atoms with van der Waals surface area (Å²) in [6.45, 7) is 3.53. The monoisotopic (exact) mass is 265 g/mol. The highest BCUT2D eigenvalue weighted by Crippen LogP contribution is 2.52. The van der Waals surface area contributed by atoms with E-state index in [1.54, 1.807) is 0 Å². The number of ether oxygens (including phenoxy) is 1. The predicted octanol–water partition coefficient (Wildman–Crippen LogP) is 1.15. The van der Waals surface area contributed by atoms with Gasteiger partial charge >= 0.3 is 0 Å². The second kappa shape index (κ2) is 5.06. The van der Waals surface area contributed by atoms with Crippen LogP contribution in [0.15, 0.2) is 12.2 Å². The molecule has 1 saturated carbocycles. The van der Waals surface area contributed by atoms with E-state index >= 15 is 0 Å². The Labute approximate surface area is 112 Å². The maximum Gasteiger partial charge on any atom is 0.258 e. The maximum atomic E-state index is 12.2. The minimum absolute atomic E-state index is 0.150. The molecular weight excluding hydrogens is 246 g/mol. The summed E-state index contributed by atoms with van der Waals surface area (Å²) >= 11 is 0. The summed E-state index contributed by atoms with van der Waals surface area (Å²) in [5, 5.41) is 1.01. The van der Waals surface area contributed by atoms with Crippen molar-refractivity contribution in [1.29, 1.82) is 0 Å². The van der Waals surface area contributed by atoms with Gasteiger partial charge in [-0.2, -0.15) is 5.06 Å². The van der Waals surface area contributed by atoms with Crippen molar-refractivity contribution in [1.82, 2.24) is 5.06 Å². The fourth-order valence-electron chi connectivity index (χ4n) is 3.46. The zero-order valence-corrected chi connectivity index (χ0v) is 11.1. The van der Waals surface area contributed by atoms with Crippen LogP contribution < -0.4 is 0 Å². The summed E-state index contributed by atoms with van der Waals surface area (Å²) in [6.07, 6.45) is 5.79. The average molecular weight is 265 g/mol. The quantitative estimate of drug-likeness (QED) is 0.411. The molecule has 1 aliphatic heterocycles. The second-order valence-electron chi connectivity index (χ2n) is 5.35. The summed E-state index contributed by atoms with van der Waals surface area (Å²) in [5.74, 6) is -0.165. The molecule has 5 nitrogen and oxygen atoms in total. The molecule has 1 saturated heterocycles. The fourth-order valence-corrected chi connectivity index (χ4v) is 3.46. The highest BCUT2D eigenvalue weighted by Gasteiger charge is 2.60. The Hall–Kier alpha value is -1.20. The molecule has 3 rings (SSSR count).